The van der Waals surface area contributed by atoms with E-state index in [1.807, 2.05) is 32.0 Å². The van der Waals surface area contributed by atoms with E-state index < -0.39 is 11.8 Å². The van der Waals surface area contributed by atoms with Crippen LogP contribution in [0.15, 0.2) is 48.5 Å². The van der Waals surface area contributed by atoms with Crippen LogP contribution in [0.5, 0.6) is 17.2 Å². The molecule has 3 aromatic carbocycles. The van der Waals surface area contributed by atoms with Crippen LogP contribution in [0.1, 0.15) is 29.9 Å². The molecule has 37 heavy (non-hydrogen) atoms. The second kappa shape index (κ2) is 9.70. The summed E-state index contributed by atoms with van der Waals surface area (Å²) in [6, 6.07) is 13.6. The van der Waals surface area contributed by atoms with E-state index in [-0.39, 0.29) is 24.1 Å². The first kappa shape index (κ1) is 24.5. The summed E-state index contributed by atoms with van der Waals surface area (Å²) in [5.74, 6) is -0.748. The third kappa shape index (κ3) is 4.44. The topological polar surface area (TPSA) is 95.7 Å². The molecule has 5 aromatic rings. The minimum Gasteiger partial charge on any atom is -0.494 e. The second-order valence-electron chi connectivity index (χ2n) is 8.74. The van der Waals surface area contributed by atoms with E-state index in [2.05, 4.69) is 8.75 Å². The Labute approximate surface area is 216 Å². The molecule has 0 saturated heterocycles. The second-order valence-corrected chi connectivity index (χ2v) is 9.27. The van der Waals surface area contributed by atoms with Gasteiger partial charge >= 0.3 is 5.97 Å². The van der Waals surface area contributed by atoms with Crippen molar-refractivity contribution in [2.75, 3.05) is 14.2 Å². The van der Waals surface area contributed by atoms with Gasteiger partial charge < -0.3 is 23.9 Å². The molecule has 0 spiro atoms. The average molecular weight is 522 g/mol. The maximum Gasteiger partial charge on any atom is 0.353 e. The maximum atomic E-state index is 14.8. The number of nitrogens with zero attached hydrogens (tertiary/aromatic N) is 3. The fourth-order valence-corrected chi connectivity index (χ4v) is 4.99. The summed E-state index contributed by atoms with van der Waals surface area (Å²) in [5.41, 5.74) is 3.74. The maximum absolute atomic E-state index is 14.8. The Morgan fingerprint density at radius 1 is 1.00 bits per heavy atom. The molecule has 0 unspecified atom stereocenters. The van der Waals surface area contributed by atoms with E-state index >= 15 is 0 Å². The lowest BCUT2D eigenvalue weighted by Crippen LogP contribution is -2.11. The standard InChI is InChI=1S/C27H24FN3O5S/c1-14(2)36-24-12-21-17(11-23(24)35-4)25(16-6-8-22(34-3)18(28)10-16)26(27(32)33)31(21)13-15-5-7-19-20(9-15)30-37-29-19/h5-12,14H,13H2,1-4H3,(H,32,33). The number of rotatable bonds is 8. The van der Waals surface area contributed by atoms with Gasteiger partial charge in [0, 0.05) is 23.6 Å². The number of ether oxygens (including phenoxy) is 3. The normalized spacial score (nSPS) is 11.4. The van der Waals surface area contributed by atoms with Crippen LogP contribution >= 0.6 is 11.7 Å². The van der Waals surface area contributed by atoms with Crippen molar-refractivity contribution in [1.82, 2.24) is 13.3 Å². The highest BCUT2D eigenvalue weighted by Crippen LogP contribution is 2.42. The number of benzene rings is 3. The van der Waals surface area contributed by atoms with Crippen molar-refractivity contribution in [2.24, 2.45) is 0 Å². The Bertz CT molecular complexity index is 1640. The van der Waals surface area contributed by atoms with Gasteiger partial charge in [-0.25, -0.2) is 9.18 Å². The number of halogens is 1. The molecule has 190 valence electrons. The number of methoxy groups -OCH3 is 2. The van der Waals surface area contributed by atoms with Crippen molar-refractivity contribution in [3.63, 3.8) is 0 Å². The summed E-state index contributed by atoms with van der Waals surface area (Å²) >= 11 is 1.12. The molecule has 2 aromatic heterocycles. The van der Waals surface area contributed by atoms with Crippen molar-refractivity contribution in [3.05, 3.63) is 65.6 Å². The van der Waals surface area contributed by atoms with E-state index in [1.54, 1.807) is 22.8 Å². The van der Waals surface area contributed by atoms with Crippen LogP contribution < -0.4 is 14.2 Å². The average Bonchev–Trinajstić information content (AvgIpc) is 3.45. The molecule has 0 radical (unpaired) electrons. The smallest absolute Gasteiger partial charge is 0.353 e. The fourth-order valence-electron chi connectivity index (χ4n) is 4.47. The van der Waals surface area contributed by atoms with Gasteiger partial charge in [-0.05, 0) is 55.3 Å². The Morgan fingerprint density at radius 2 is 1.76 bits per heavy atom. The Morgan fingerprint density at radius 3 is 2.43 bits per heavy atom. The zero-order valence-corrected chi connectivity index (χ0v) is 21.4. The van der Waals surface area contributed by atoms with Crippen molar-refractivity contribution < 1.29 is 28.5 Å². The molecule has 0 fully saturated rings. The predicted molar refractivity (Wildman–Crippen MR) is 140 cm³/mol. The van der Waals surface area contributed by atoms with Gasteiger partial charge in [-0.2, -0.15) is 8.75 Å². The molecule has 1 N–H and O–H groups in total. The summed E-state index contributed by atoms with van der Waals surface area (Å²) in [5, 5.41) is 11.0. The van der Waals surface area contributed by atoms with E-state index in [0.717, 1.165) is 28.3 Å². The molecule has 0 aliphatic rings. The van der Waals surface area contributed by atoms with Crippen LogP contribution in [0.4, 0.5) is 4.39 Å². The number of carboxylic acid groups (broad SMARTS) is 1. The molecule has 2 heterocycles. The van der Waals surface area contributed by atoms with Crippen LogP contribution in [0.25, 0.3) is 33.1 Å². The van der Waals surface area contributed by atoms with E-state index in [4.69, 9.17) is 14.2 Å². The molecule has 0 amide bonds. The number of hydrogen-bond acceptors (Lipinski definition) is 7. The van der Waals surface area contributed by atoms with Crippen molar-refractivity contribution >= 4 is 39.6 Å². The third-order valence-corrected chi connectivity index (χ3v) is 6.57. The molecule has 0 saturated carbocycles. The summed E-state index contributed by atoms with van der Waals surface area (Å²) in [6.45, 7) is 4.03. The van der Waals surface area contributed by atoms with Crippen LogP contribution in [-0.2, 0) is 6.54 Å². The number of carbonyl (C=O) groups is 1. The number of fused-ring (bicyclic) bond motifs is 2. The molecular weight excluding hydrogens is 497 g/mol. The summed E-state index contributed by atoms with van der Waals surface area (Å²) in [4.78, 5) is 12.7. The first-order valence-electron chi connectivity index (χ1n) is 11.5. The van der Waals surface area contributed by atoms with Gasteiger partial charge in [0.2, 0.25) is 0 Å². The van der Waals surface area contributed by atoms with Gasteiger partial charge in [-0.1, -0.05) is 12.1 Å². The molecule has 5 rings (SSSR count). The highest BCUT2D eigenvalue weighted by molar-refractivity contribution is 7.00. The lowest BCUT2D eigenvalue weighted by atomic mass is 10.0. The minimum atomic E-state index is -1.15. The van der Waals surface area contributed by atoms with Crippen LogP contribution in [0.3, 0.4) is 0 Å². The third-order valence-electron chi connectivity index (χ3n) is 6.01. The van der Waals surface area contributed by atoms with E-state index in [9.17, 15) is 14.3 Å². The van der Waals surface area contributed by atoms with Crippen LogP contribution in [0.2, 0.25) is 0 Å². The molecule has 10 heteroatoms. The number of aromatic nitrogens is 3. The Kier molecular flexibility index (Phi) is 6.43. The largest absolute Gasteiger partial charge is 0.494 e. The van der Waals surface area contributed by atoms with Crippen LogP contribution in [-0.4, -0.2) is 44.7 Å². The Balaban J connectivity index is 1.81. The first-order valence-corrected chi connectivity index (χ1v) is 12.2. The van der Waals surface area contributed by atoms with E-state index in [0.29, 0.717) is 33.5 Å². The fraction of sp³-hybridized carbons (Fsp3) is 0.222. The van der Waals surface area contributed by atoms with E-state index in [1.165, 1.54) is 26.4 Å². The Hall–Kier alpha value is -4.18. The first-order chi connectivity index (χ1) is 17.8. The predicted octanol–water partition coefficient (Wildman–Crippen LogP) is 6.00. The molecule has 8 nitrogen and oxygen atoms in total. The van der Waals surface area contributed by atoms with Gasteiger partial charge in [-0.15, -0.1) is 0 Å². The zero-order valence-electron chi connectivity index (χ0n) is 20.6. The molecular formula is C27H24FN3O5S. The monoisotopic (exact) mass is 521 g/mol. The lowest BCUT2D eigenvalue weighted by Gasteiger charge is -2.15. The number of aromatic carboxylic acids is 1. The molecule has 0 aliphatic heterocycles. The molecule has 0 bridgehead atoms. The van der Waals surface area contributed by atoms with Crippen molar-refractivity contribution in [2.45, 2.75) is 26.5 Å². The van der Waals surface area contributed by atoms with Gasteiger partial charge in [0.15, 0.2) is 23.1 Å². The summed E-state index contributed by atoms with van der Waals surface area (Å²) < 4.78 is 41.6. The highest BCUT2D eigenvalue weighted by Gasteiger charge is 2.26. The van der Waals surface area contributed by atoms with Gasteiger partial charge in [0.05, 0.1) is 37.6 Å². The van der Waals surface area contributed by atoms with Crippen LogP contribution in [0, 0.1) is 5.82 Å². The minimum absolute atomic E-state index is 0.0137. The van der Waals surface area contributed by atoms with Gasteiger partial charge in [0.1, 0.15) is 16.7 Å². The number of carboxylic acids is 1. The molecule has 0 atom stereocenters. The van der Waals surface area contributed by atoms with Crippen molar-refractivity contribution in [1.29, 1.82) is 0 Å². The highest BCUT2D eigenvalue weighted by atomic mass is 32.1. The molecule has 0 aliphatic carbocycles. The number of hydrogen-bond donors (Lipinski definition) is 1. The summed E-state index contributed by atoms with van der Waals surface area (Å²) in [6.07, 6.45) is -0.136. The summed E-state index contributed by atoms with van der Waals surface area (Å²) in [7, 11) is 2.90. The quantitative estimate of drug-likeness (QED) is 0.267. The van der Waals surface area contributed by atoms with Crippen molar-refractivity contribution in [3.8, 4) is 28.4 Å². The zero-order chi connectivity index (χ0) is 26.3. The lowest BCUT2D eigenvalue weighted by molar-refractivity contribution is 0.0687. The van der Waals surface area contributed by atoms with Gasteiger partial charge in [0.25, 0.3) is 0 Å². The van der Waals surface area contributed by atoms with Gasteiger partial charge in [-0.3, -0.25) is 0 Å². The SMILES string of the molecule is COc1ccc(-c2c(C(=O)O)n(Cc3ccc4nsnc4c3)c3cc(OC(C)C)c(OC)cc23)cc1F.